The van der Waals surface area contributed by atoms with Crippen molar-refractivity contribution in [1.82, 2.24) is 0 Å². The van der Waals surface area contributed by atoms with Crippen molar-refractivity contribution in [2.75, 3.05) is 5.32 Å². The smallest absolute Gasteiger partial charge is 0.269 e. The van der Waals surface area contributed by atoms with Crippen LogP contribution in [0.2, 0.25) is 5.02 Å². The summed E-state index contributed by atoms with van der Waals surface area (Å²) in [4.78, 5) is 12.4. The Morgan fingerprint density at radius 3 is 2.37 bits per heavy atom. The van der Waals surface area contributed by atoms with E-state index in [2.05, 4.69) is 5.32 Å². The largest absolute Gasteiger partial charge is 0.323 e. The van der Waals surface area contributed by atoms with Gasteiger partial charge in [0.25, 0.3) is 5.91 Å². The normalized spacial score (nSPS) is 11.9. The highest BCUT2D eigenvalue weighted by atomic mass is 35.5. The molecule has 2 nitrogen and oxygen atoms in total. The lowest BCUT2D eigenvalue weighted by atomic mass is 10.3. The SMILES string of the molecule is O=C(Nc1ccc(Cl)cc1)C(F)Sc1ccccc1. The van der Waals surface area contributed by atoms with E-state index in [0.717, 1.165) is 11.8 Å². The Hall–Kier alpha value is -1.52. The number of anilines is 1. The molecule has 98 valence electrons. The van der Waals surface area contributed by atoms with E-state index in [1.165, 1.54) is 0 Å². The molecule has 1 amide bonds. The zero-order valence-electron chi connectivity index (χ0n) is 9.85. The number of hydrogen-bond donors (Lipinski definition) is 1. The van der Waals surface area contributed by atoms with Gasteiger partial charge in [0.15, 0.2) is 0 Å². The highest BCUT2D eigenvalue weighted by Gasteiger charge is 2.18. The number of thioether (sulfide) groups is 1. The molecule has 0 fully saturated rings. The van der Waals surface area contributed by atoms with E-state index in [9.17, 15) is 9.18 Å². The molecule has 0 aliphatic heterocycles. The zero-order chi connectivity index (χ0) is 13.7. The molecule has 1 N–H and O–H groups in total. The van der Waals surface area contributed by atoms with Crippen molar-refractivity contribution < 1.29 is 9.18 Å². The molecule has 0 aliphatic carbocycles. The van der Waals surface area contributed by atoms with E-state index in [4.69, 9.17) is 11.6 Å². The molecule has 0 saturated heterocycles. The van der Waals surface area contributed by atoms with Crippen molar-refractivity contribution in [1.29, 1.82) is 0 Å². The number of halogens is 2. The highest BCUT2D eigenvalue weighted by Crippen LogP contribution is 2.25. The quantitative estimate of drug-likeness (QED) is 0.849. The van der Waals surface area contributed by atoms with Crippen molar-refractivity contribution >= 4 is 35.0 Å². The molecule has 0 saturated carbocycles. The Morgan fingerprint density at radius 2 is 1.74 bits per heavy atom. The first kappa shape index (κ1) is 13.9. The van der Waals surface area contributed by atoms with Crippen LogP contribution in [0.25, 0.3) is 0 Å². The summed E-state index contributed by atoms with van der Waals surface area (Å²) >= 11 is 6.60. The van der Waals surface area contributed by atoms with Crippen molar-refractivity contribution in [3.05, 3.63) is 59.6 Å². The van der Waals surface area contributed by atoms with Crippen LogP contribution < -0.4 is 5.32 Å². The minimum Gasteiger partial charge on any atom is -0.323 e. The number of amides is 1. The van der Waals surface area contributed by atoms with Crippen molar-refractivity contribution in [2.24, 2.45) is 0 Å². The van der Waals surface area contributed by atoms with Crippen molar-refractivity contribution in [3.8, 4) is 0 Å². The number of alkyl halides is 1. The second-order valence-corrected chi connectivity index (χ2v) is 5.30. The molecule has 0 radical (unpaired) electrons. The van der Waals surface area contributed by atoms with Gasteiger partial charge in [-0.05, 0) is 36.4 Å². The Bertz CT molecular complexity index is 547. The van der Waals surface area contributed by atoms with E-state index < -0.39 is 11.4 Å². The van der Waals surface area contributed by atoms with Crippen LogP contribution in [0.5, 0.6) is 0 Å². The molecule has 0 spiro atoms. The molecule has 2 aromatic carbocycles. The Morgan fingerprint density at radius 1 is 1.11 bits per heavy atom. The molecule has 0 bridgehead atoms. The van der Waals surface area contributed by atoms with Crippen LogP contribution in [0.4, 0.5) is 10.1 Å². The van der Waals surface area contributed by atoms with Gasteiger partial charge in [0.1, 0.15) is 0 Å². The third kappa shape index (κ3) is 4.26. The number of carbonyl (C=O) groups excluding carboxylic acids is 1. The minimum atomic E-state index is -1.65. The number of rotatable bonds is 4. The molecule has 0 aromatic heterocycles. The molecule has 19 heavy (non-hydrogen) atoms. The molecule has 0 aliphatic rings. The van der Waals surface area contributed by atoms with Gasteiger partial charge >= 0.3 is 0 Å². The topological polar surface area (TPSA) is 29.1 Å². The average Bonchev–Trinajstić information content (AvgIpc) is 2.42. The fourth-order valence-electron chi connectivity index (χ4n) is 1.40. The third-order valence-corrected chi connectivity index (χ3v) is 3.52. The van der Waals surface area contributed by atoms with Gasteiger partial charge in [0.05, 0.1) is 0 Å². The van der Waals surface area contributed by atoms with Gasteiger partial charge in [0.2, 0.25) is 5.50 Å². The van der Waals surface area contributed by atoms with E-state index in [1.54, 1.807) is 48.5 Å². The number of benzene rings is 2. The van der Waals surface area contributed by atoms with Gasteiger partial charge in [-0.3, -0.25) is 4.79 Å². The number of nitrogens with one attached hydrogen (secondary N) is 1. The third-order valence-electron chi connectivity index (χ3n) is 2.30. The summed E-state index contributed by atoms with van der Waals surface area (Å²) in [6, 6.07) is 15.5. The Balaban J connectivity index is 1.94. The van der Waals surface area contributed by atoms with Gasteiger partial charge in [-0.15, -0.1) is 0 Å². The number of carbonyl (C=O) groups is 1. The second kappa shape index (κ2) is 6.59. The average molecular weight is 296 g/mol. The van der Waals surface area contributed by atoms with Crippen LogP contribution in [-0.4, -0.2) is 11.4 Å². The summed E-state index contributed by atoms with van der Waals surface area (Å²) in [5.74, 6) is -0.684. The van der Waals surface area contributed by atoms with E-state index in [1.807, 2.05) is 6.07 Å². The van der Waals surface area contributed by atoms with Gasteiger partial charge in [0, 0.05) is 15.6 Å². The van der Waals surface area contributed by atoms with Crippen LogP contribution in [0.1, 0.15) is 0 Å². The summed E-state index contributed by atoms with van der Waals surface area (Å²) < 4.78 is 13.8. The molecule has 1 unspecified atom stereocenters. The fourth-order valence-corrected chi connectivity index (χ4v) is 2.25. The summed E-state index contributed by atoms with van der Waals surface area (Å²) in [7, 11) is 0. The van der Waals surface area contributed by atoms with E-state index in [0.29, 0.717) is 15.6 Å². The molecular weight excluding hydrogens is 285 g/mol. The maximum atomic E-state index is 13.8. The molecule has 2 aromatic rings. The first-order valence-electron chi connectivity index (χ1n) is 5.57. The predicted molar refractivity (Wildman–Crippen MR) is 77.3 cm³/mol. The van der Waals surface area contributed by atoms with Gasteiger partial charge in [-0.25, -0.2) is 4.39 Å². The molecular formula is C14H11ClFNOS. The highest BCUT2D eigenvalue weighted by molar-refractivity contribution is 8.00. The van der Waals surface area contributed by atoms with Gasteiger partial charge < -0.3 is 5.32 Å². The first-order valence-corrected chi connectivity index (χ1v) is 6.83. The standard InChI is InChI=1S/C14H11ClFNOS/c15-10-6-8-11(9-7-10)17-14(18)13(16)19-12-4-2-1-3-5-12/h1-9,13H,(H,17,18). The first-order chi connectivity index (χ1) is 9.15. The summed E-state index contributed by atoms with van der Waals surface area (Å²) in [5, 5.41) is 3.06. The monoisotopic (exact) mass is 295 g/mol. The lowest BCUT2D eigenvalue weighted by molar-refractivity contribution is -0.118. The van der Waals surface area contributed by atoms with E-state index in [-0.39, 0.29) is 0 Å². The number of hydrogen-bond acceptors (Lipinski definition) is 2. The minimum absolute atomic E-state index is 0.519. The Labute approximate surface area is 120 Å². The summed E-state index contributed by atoms with van der Waals surface area (Å²) in [6.07, 6.45) is 0. The van der Waals surface area contributed by atoms with Gasteiger partial charge in [-0.1, -0.05) is 41.6 Å². The maximum Gasteiger partial charge on any atom is 0.269 e. The van der Waals surface area contributed by atoms with Crippen molar-refractivity contribution in [3.63, 3.8) is 0 Å². The predicted octanol–water partition coefficient (Wildman–Crippen LogP) is 4.37. The maximum absolute atomic E-state index is 13.8. The fraction of sp³-hybridized carbons (Fsp3) is 0.0714. The lowest BCUT2D eigenvalue weighted by Gasteiger charge is -2.09. The van der Waals surface area contributed by atoms with Crippen LogP contribution in [0.15, 0.2) is 59.5 Å². The molecule has 2 rings (SSSR count). The van der Waals surface area contributed by atoms with Crippen LogP contribution in [0.3, 0.4) is 0 Å². The van der Waals surface area contributed by atoms with Crippen LogP contribution in [0, 0.1) is 0 Å². The zero-order valence-corrected chi connectivity index (χ0v) is 11.4. The summed E-state index contributed by atoms with van der Waals surface area (Å²) in [6.45, 7) is 0. The van der Waals surface area contributed by atoms with Gasteiger partial charge in [-0.2, -0.15) is 0 Å². The second-order valence-electron chi connectivity index (χ2n) is 3.74. The Kier molecular flexibility index (Phi) is 4.82. The molecule has 5 heteroatoms. The lowest BCUT2D eigenvalue weighted by Crippen LogP contribution is -2.21. The van der Waals surface area contributed by atoms with Crippen molar-refractivity contribution in [2.45, 2.75) is 10.4 Å². The van der Waals surface area contributed by atoms with Crippen LogP contribution in [-0.2, 0) is 4.79 Å². The van der Waals surface area contributed by atoms with E-state index >= 15 is 0 Å². The molecule has 1 atom stereocenters. The summed E-state index contributed by atoms with van der Waals surface area (Å²) in [5.41, 5.74) is -1.14. The molecule has 0 heterocycles. The van der Waals surface area contributed by atoms with Crippen LogP contribution >= 0.6 is 23.4 Å².